The minimum absolute atomic E-state index is 0.0191. The van der Waals surface area contributed by atoms with Crippen molar-refractivity contribution in [3.8, 4) is 11.1 Å². The van der Waals surface area contributed by atoms with E-state index in [9.17, 15) is 9.59 Å². The smallest absolute Gasteiger partial charge is 0.342 e. The first-order chi connectivity index (χ1) is 12.0. The first kappa shape index (κ1) is 18.0. The van der Waals surface area contributed by atoms with Gasteiger partial charge in [-0.05, 0) is 44.4 Å². The number of carbonyl (C=O) groups is 2. The third-order valence-corrected chi connectivity index (χ3v) is 5.35. The molecule has 1 aromatic carbocycles. The molecule has 25 heavy (non-hydrogen) atoms. The fourth-order valence-electron chi connectivity index (χ4n) is 2.65. The first-order valence-corrected chi connectivity index (χ1v) is 9.60. The summed E-state index contributed by atoms with van der Waals surface area (Å²) in [4.78, 5) is 24.9. The van der Waals surface area contributed by atoms with Crippen molar-refractivity contribution in [1.82, 2.24) is 0 Å². The van der Waals surface area contributed by atoms with Gasteiger partial charge in [0, 0.05) is 21.9 Å². The van der Waals surface area contributed by atoms with Gasteiger partial charge in [-0.15, -0.1) is 11.3 Å². The molecule has 0 radical (unpaired) electrons. The standard InChI is InChI=1S/C19H20ClNO3S/c1-11(2)24-19(23)16-15(12-6-8-14(20)9-7-12)10-25-18(16)21-17(22)13-4-3-5-13/h6-11,13H,3-5H2,1-2H3,(H,21,22). The lowest BCUT2D eigenvalue weighted by Gasteiger charge is -2.24. The van der Waals surface area contributed by atoms with E-state index >= 15 is 0 Å². The molecule has 1 fully saturated rings. The number of esters is 1. The maximum absolute atomic E-state index is 12.6. The largest absolute Gasteiger partial charge is 0.459 e. The number of carbonyl (C=O) groups excluding carboxylic acids is 2. The van der Waals surface area contributed by atoms with Gasteiger partial charge in [0.15, 0.2) is 0 Å². The van der Waals surface area contributed by atoms with E-state index < -0.39 is 5.97 Å². The zero-order chi connectivity index (χ0) is 18.0. The van der Waals surface area contributed by atoms with Crippen LogP contribution in [0.15, 0.2) is 29.6 Å². The van der Waals surface area contributed by atoms with E-state index in [4.69, 9.17) is 16.3 Å². The van der Waals surface area contributed by atoms with Crippen molar-refractivity contribution >= 4 is 39.8 Å². The maximum Gasteiger partial charge on any atom is 0.342 e. The Morgan fingerprint density at radius 3 is 2.48 bits per heavy atom. The fraction of sp³-hybridized carbons (Fsp3) is 0.368. The summed E-state index contributed by atoms with van der Waals surface area (Å²) in [6, 6.07) is 7.26. The molecule has 4 nitrogen and oxygen atoms in total. The van der Waals surface area contributed by atoms with Crippen LogP contribution in [0.1, 0.15) is 43.5 Å². The van der Waals surface area contributed by atoms with Crippen molar-refractivity contribution in [3.05, 3.63) is 40.2 Å². The highest BCUT2D eigenvalue weighted by molar-refractivity contribution is 7.15. The Kier molecular flexibility index (Phi) is 5.45. The molecule has 0 spiro atoms. The van der Waals surface area contributed by atoms with Gasteiger partial charge in [-0.3, -0.25) is 4.79 Å². The molecule has 1 aliphatic carbocycles. The Morgan fingerprint density at radius 1 is 1.24 bits per heavy atom. The van der Waals surface area contributed by atoms with E-state index in [2.05, 4.69) is 5.32 Å². The second kappa shape index (κ2) is 7.58. The summed E-state index contributed by atoms with van der Waals surface area (Å²) in [5, 5.41) is 5.97. The molecule has 0 bridgehead atoms. The van der Waals surface area contributed by atoms with Gasteiger partial charge in [0.1, 0.15) is 10.6 Å². The number of rotatable bonds is 5. The Labute approximate surface area is 156 Å². The van der Waals surface area contributed by atoms with Crippen molar-refractivity contribution in [2.45, 2.75) is 39.2 Å². The zero-order valence-electron chi connectivity index (χ0n) is 14.2. The Hall–Kier alpha value is -1.85. The summed E-state index contributed by atoms with van der Waals surface area (Å²) >= 11 is 7.30. The normalized spacial score (nSPS) is 14.2. The predicted octanol–water partition coefficient (Wildman–Crippen LogP) is 5.37. The van der Waals surface area contributed by atoms with E-state index in [0.29, 0.717) is 15.6 Å². The molecule has 1 saturated carbocycles. The summed E-state index contributed by atoms with van der Waals surface area (Å²) in [5.74, 6) is -0.394. The monoisotopic (exact) mass is 377 g/mol. The summed E-state index contributed by atoms with van der Waals surface area (Å²) in [7, 11) is 0. The number of halogens is 1. The summed E-state index contributed by atoms with van der Waals surface area (Å²) in [5.41, 5.74) is 2.02. The zero-order valence-corrected chi connectivity index (χ0v) is 15.7. The highest BCUT2D eigenvalue weighted by Gasteiger charge is 2.28. The van der Waals surface area contributed by atoms with Crippen molar-refractivity contribution in [2.24, 2.45) is 5.92 Å². The lowest BCUT2D eigenvalue weighted by atomic mass is 9.85. The Morgan fingerprint density at radius 2 is 1.92 bits per heavy atom. The number of ether oxygens (including phenoxy) is 1. The van der Waals surface area contributed by atoms with Crippen molar-refractivity contribution in [2.75, 3.05) is 5.32 Å². The molecule has 1 aromatic heterocycles. The van der Waals surface area contributed by atoms with Crippen LogP contribution in [0.2, 0.25) is 5.02 Å². The van der Waals surface area contributed by atoms with Crippen LogP contribution in [-0.2, 0) is 9.53 Å². The predicted molar refractivity (Wildman–Crippen MR) is 101 cm³/mol. The van der Waals surface area contributed by atoms with Crippen molar-refractivity contribution in [1.29, 1.82) is 0 Å². The van der Waals surface area contributed by atoms with Gasteiger partial charge in [0.2, 0.25) is 5.91 Å². The highest BCUT2D eigenvalue weighted by atomic mass is 35.5. The van der Waals surface area contributed by atoms with E-state index in [-0.39, 0.29) is 17.9 Å². The second-order valence-corrected chi connectivity index (χ2v) is 7.75. The van der Waals surface area contributed by atoms with Crippen LogP contribution in [0.3, 0.4) is 0 Å². The van der Waals surface area contributed by atoms with Crippen LogP contribution in [0.25, 0.3) is 11.1 Å². The molecule has 0 saturated heterocycles. The molecule has 2 aromatic rings. The molecule has 3 rings (SSSR count). The van der Waals surface area contributed by atoms with E-state index in [1.165, 1.54) is 11.3 Å². The molecule has 1 heterocycles. The van der Waals surface area contributed by atoms with E-state index in [0.717, 1.165) is 30.4 Å². The minimum Gasteiger partial charge on any atom is -0.459 e. The van der Waals surface area contributed by atoms with Crippen LogP contribution < -0.4 is 5.32 Å². The van der Waals surface area contributed by atoms with Crippen LogP contribution in [0, 0.1) is 5.92 Å². The van der Waals surface area contributed by atoms with Gasteiger partial charge < -0.3 is 10.1 Å². The molecule has 0 unspecified atom stereocenters. The SMILES string of the molecule is CC(C)OC(=O)c1c(-c2ccc(Cl)cc2)csc1NC(=O)C1CCC1. The van der Waals surface area contributed by atoms with Crippen LogP contribution in [-0.4, -0.2) is 18.0 Å². The van der Waals surface area contributed by atoms with Crippen LogP contribution in [0.4, 0.5) is 5.00 Å². The molecule has 1 aliphatic rings. The number of anilines is 1. The first-order valence-electron chi connectivity index (χ1n) is 8.35. The lowest BCUT2D eigenvalue weighted by molar-refractivity contribution is -0.122. The van der Waals surface area contributed by atoms with Gasteiger partial charge in [-0.25, -0.2) is 4.79 Å². The second-order valence-electron chi connectivity index (χ2n) is 6.43. The van der Waals surface area contributed by atoms with Gasteiger partial charge in [-0.1, -0.05) is 30.2 Å². The molecule has 0 atom stereocenters. The Balaban J connectivity index is 1.95. The highest BCUT2D eigenvalue weighted by Crippen LogP contribution is 2.38. The number of benzene rings is 1. The average molecular weight is 378 g/mol. The molecule has 0 aliphatic heterocycles. The number of amides is 1. The quantitative estimate of drug-likeness (QED) is 0.712. The van der Waals surface area contributed by atoms with Crippen molar-refractivity contribution < 1.29 is 14.3 Å². The molecule has 132 valence electrons. The van der Waals surface area contributed by atoms with E-state index in [1.54, 1.807) is 26.0 Å². The summed E-state index contributed by atoms with van der Waals surface area (Å²) in [6.45, 7) is 3.61. The number of thiophene rings is 1. The summed E-state index contributed by atoms with van der Waals surface area (Å²) in [6.07, 6.45) is 2.67. The molecule has 1 N–H and O–H groups in total. The number of hydrogen-bond acceptors (Lipinski definition) is 4. The maximum atomic E-state index is 12.6. The van der Waals surface area contributed by atoms with Gasteiger partial charge in [0.05, 0.1) is 6.10 Å². The minimum atomic E-state index is -0.426. The topological polar surface area (TPSA) is 55.4 Å². The fourth-order valence-corrected chi connectivity index (χ4v) is 3.74. The number of hydrogen-bond donors (Lipinski definition) is 1. The average Bonchev–Trinajstić information content (AvgIpc) is 2.89. The van der Waals surface area contributed by atoms with Gasteiger partial charge >= 0.3 is 5.97 Å². The third kappa shape index (κ3) is 4.05. The molecular formula is C19H20ClNO3S. The van der Waals surface area contributed by atoms with E-state index in [1.807, 2.05) is 17.5 Å². The molecular weight excluding hydrogens is 358 g/mol. The van der Waals surface area contributed by atoms with Crippen molar-refractivity contribution in [3.63, 3.8) is 0 Å². The van der Waals surface area contributed by atoms with Crippen LogP contribution in [0.5, 0.6) is 0 Å². The third-order valence-electron chi connectivity index (χ3n) is 4.21. The Bertz CT molecular complexity index is 778. The van der Waals surface area contributed by atoms with Gasteiger partial charge in [0.25, 0.3) is 0 Å². The molecule has 1 amide bonds. The lowest BCUT2D eigenvalue weighted by Crippen LogP contribution is -2.28. The summed E-state index contributed by atoms with van der Waals surface area (Å²) < 4.78 is 5.39. The number of nitrogens with one attached hydrogen (secondary N) is 1. The van der Waals surface area contributed by atoms with Gasteiger partial charge in [-0.2, -0.15) is 0 Å². The molecule has 6 heteroatoms. The van der Waals surface area contributed by atoms with Crippen LogP contribution >= 0.6 is 22.9 Å².